The molecular formula is C22H27N5O. The maximum Gasteiger partial charge on any atom is 0.252 e. The molecule has 0 saturated heterocycles. The van der Waals surface area contributed by atoms with Crippen molar-refractivity contribution in [3.05, 3.63) is 52.6 Å². The monoisotopic (exact) mass is 377 g/mol. The highest BCUT2D eigenvalue weighted by molar-refractivity contribution is 5.92. The standard InChI is InChI=1S/C22H27N5O/c1-14-8-7-11-18(12-14)24-20(28)13-19-15(2)23-22-25-21(26-27(22)16(19)3)17-9-5-4-6-10-17/h7-8,11-12,17H,4-6,9-10,13H2,1-3H3,(H,24,28). The maximum atomic E-state index is 12.6. The molecular weight excluding hydrogens is 350 g/mol. The van der Waals surface area contributed by atoms with E-state index in [1.807, 2.05) is 49.6 Å². The molecule has 1 fully saturated rings. The van der Waals surface area contributed by atoms with Gasteiger partial charge in [0.2, 0.25) is 5.91 Å². The summed E-state index contributed by atoms with van der Waals surface area (Å²) in [6.07, 6.45) is 6.38. The first-order valence-electron chi connectivity index (χ1n) is 10.1. The summed E-state index contributed by atoms with van der Waals surface area (Å²) in [6.45, 7) is 5.95. The second kappa shape index (κ2) is 7.70. The van der Waals surface area contributed by atoms with Crippen molar-refractivity contribution in [2.24, 2.45) is 0 Å². The zero-order valence-electron chi connectivity index (χ0n) is 16.8. The van der Waals surface area contributed by atoms with Crippen LogP contribution in [0.5, 0.6) is 0 Å². The number of nitrogens with zero attached hydrogens (tertiary/aromatic N) is 4. The Kier molecular flexibility index (Phi) is 5.11. The lowest BCUT2D eigenvalue weighted by Crippen LogP contribution is -2.17. The lowest BCUT2D eigenvalue weighted by molar-refractivity contribution is -0.115. The van der Waals surface area contributed by atoms with Gasteiger partial charge in [-0.05, 0) is 51.3 Å². The maximum absolute atomic E-state index is 12.6. The lowest BCUT2D eigenvalue weighted by atomic mass is 9.89. The van der Waals surface area contributed by atoms with Gasteiger partial charge >= 0.3 is 0 Å². The van der Waals surface area contributed by atoms with Gasteiger partial charge in [-0.25, -0.2) is 9.50 Å². The molecule has 4 rings (SSSR count). The van der Waals surface area contributed by atoms with Gasteiger partial charge in [0, 0.05) is 28.6 Å². The van der Waals surface area contributed by atoms with Crippen LogP contribution in [0.1, 0.15) is 66.4 Å². The summed E-state index contributed by atoms with van der Waals surface area (Å²) in [5, 5.41) is 7.73. The van der Waals surface area contributed by atoms with Crippen LogP contribution in [-0.2, 0) is 11.2 Å². The Balaban J connectivity index is 1.59. The fourth-order valence-corrected chi connectivity index (χ4v) is 4.10. The molecule has 0 atom stereocenters. The molecule has 6 heteroatoms. The van der Waals surface area contributed by atoms with E-state index < -0.39 is 0 Å². The van der Waals surface area contributed by atoms with Gasteiger partial charge in [-0.2, -0.15) is 4.98 Å². The highest BCUT2D eigenvalue weighted by Crippen LogP contribution is 2.31. The Labute approximate surface area is 165 Å². The summed E-state index contributed by atoms with van der Waals surface area (Å²) in [4.78, 5) is 21.9. The second-order valence-electron chi connectivity index (χ2n) is 7.87. The van der Waals surface area contributed by atoms with Crippen LogP contribution in [0.3, 0.4) is 0 Å². The first-order valence-corrected chi connectivity index (χ1v) is 10.1. The molecule has 1 amide bonds. The quantitative estimate of drug-likeness (QED) is 0.737. The van der Waals surface area contributed by atoms with Crippen molar-refractivity contribution in [1.29, 1.82) is 0 Å². The lowest BCUT2D eigenvalue weighted by Gasteiger charge is -2.17. The number of carbonyl (C=O) groups is 1. The van der Waals surface area contributed by atoms with Gasteiger partial charge in [-0.3, -0.25) is 4.79 Å². The largest absolute Gasteiger partial charge is 0.326 e. The highest BCUT2D eigenvalue weighted by Gasteiger charge is 2.22. The highest BCUT2D eigenvalue weighted by atomic mass is 16.1. The Morgan fingerprint density at radius 1 is 1.14 bits per heavy atom. The number of aromatic nitrogens is 4. The molecule has 0 bridgehead atoms. The topological polar surface area (TPSA) is 72.2 Å². The van der Waals surface area contributed by atoms with E-state index in [4.69, 9.17) is 10.1 Å². The third-order valence-corrected chi connectivity index (χ3v) is 5.67. The molecule has 1 N–H and O–H groups in total. The number of amides is 1. The summed E-state index contributed by atoms with van der Waals surface area (Å²) < 4.78 is 1.81. The van der Waals surface area contributed by atoms with E-state index >= 15 is 0 Å². The number of carbonyl (C=O) groups excluding carboxylic acids is 1. The SMILES string of the molecule is Cc1cccc(NC(=O)Cc2c(C)nc3nc(C4CCCCC4)nn3c2C)c1. The molecule has 1 aliphatic rings. The Bertz CT molecular complexity index is 1020. The van der Waals surface area contributed by atoms with E-state index in [0.29, 0.717) is 11.7 Å². The molecule has 1 aromatic carbocycles. The minimum Gasteiger partial charge on any atom is -0.326 e. The second-order valence-corrected chi connectivity index (χ2v) is 7.87. The van der Waals surface area contributed by atoms with Crippen LogP contribution < -0.4 is 5.32 Å². The van der Waals surface area contributed by atoms with Crippen LogP contribution in [-0.4, -0.2) is 25.5 Å². The van der Waals surface area contributed by atoms with Crippen molar-refractivity contribution in [2.45, 2.75) is 65.2 Å². The molecule has 2 aromatic heterocycles. The zero-order valence-corrected chi connectivity index (χ0v) is 16.8. The summed E-state index contributed by atoms with van der Waals surface area (Å²) in [7, 11) is 0. The summed E-state index contributed by atoms with van der Waals surface area (Å²) >= 11 is 0. The molecule has 1 aliphatic carbocycles. The molecule has 0 aliphatic heterocycles. The van der Waals surface area contributed by atoms with E-state index in [9.17, 15) is 4.79 Å². The predicted molar refractivity (Wildman–Crippen MR) is 110 cm³/mol. The predicted octanol–water partition coefficient (Wildman–Crippen LogP) is 4.28. The Morgan fingerprint density at radius 2 is 1.93 bits per heavy atom. The summed E-state index contributed by atoms with van der Waals surface area (Å²) in [6, 6.07) is 7.82. The fourth-order valence-electron chi connectivity index (χ4n) is 4.10. The van der Waals surface area contributed by atoms with Crippen molar-refractivity contribution in [3.63, 3.8) is 0 Å². The minimum atomic E-state index is -0.0504. The van der Waals surface area contributed by atoms with E-state index in [1.165, 1.54) is 19.3 Å². The number of anilines is 1. The molecule has 146 valence electrons. The number of rotatable bonds is 4. The average molecular weight is 377 g/mol. The minimum absolute atomic E-state index is 0.0504. The number of hydrogen-bond acceptors (Lipinski definition) is 4. The van der Waals surface area contributed by atoms with Gasteiger partial charge < -0.3 is 5.32 Å². The molecule has 1 saturated carbocycles. The number of nitrogens with one attached hydrogen (secondary N) is 1. The summed E-state index contributed by atoms with van der Waals surface area (Å²) in [5.41, 5.74) is 4.63. The smallest absolute Gasteiger partial charge is 0.252 e. The molecule has 0 spiro atoms. The number of fused-ring (bicyclic) bond motifs is 1. The van der Waals surface area contributed by atoms with Crippen molar-refractivity contribution < 1.29 is 4.79 Å². The summed E-state index contributed by atoms with van der Waals surface area (Å²) in [5.74, 6) is 1.92. The van der Waals surface area contributed by atoms with E-state index in [-0.39, 0.29) is 12.3 Å². The van der Waals surface area contributed by atoms with Crippen LogP contribution in [0.15, 0.2) is 24.3 Å². The van der Waals surface area contributed by atoms with Gasteiger partial charge in [0.25, 0.3) is 5.78 Å². The normalized spacial score (nSPS) is 15.1. The van der Waals surface area contributed by atoms with E-state index in [2.05, 4.69) is 10.3 Å². The van der Waals surface area contributed by atoms with Crippen molar-refractivity contribution >= 4 is 17.4 Å². The fraction of sp³-hybridized carbons (Fsp3) is 0.455. The third-order valence-electron chi connectivity index (χ3n) is 5.67. The molecule has 0 radical (unpaired) electrons. The first-order chi connectivity index (χ1) is 13.5. The van der Waals surface area contributed by atoms with Crippen LogP contribution in [0, 0.1) is 20.8 Å². The van der Waals surface area contributed by atoms with Crippen molar-refractivity contribution in [2.75, 3.05) is 5.32 Å². The molecule has 6 nitrogen and oxygen atoms in total. The first kappa shape index (κ1) is 18.6. The van der Waals surface area contributed by atoms with Crippen LogP contribution >= 0.6 is 0 Å². The average Bonchev–Trinajstić information content (AvgIpc) is 3.10. The van der Waals surface area contributed by atoms with Gasteiger partial charge in [0.05, 0.1) is 6.42 Å². The third kappa shape index (κ3) is 3.77. The molecule has 2 heterocycles. The van der Waals surface area contributed by atoms with Crippen LogP contribution in [0.4, 0.5) is 5.69 Å². The Hall–Kier alpha value is -2.76. The van der Waals surface area contributed by atoms with Crippen molar-refractivity contribution in [3.8, 4) is 0 Å². The Morgan fingerprint density at radius 3 is 2.68 bits per heavy atom. The molecule has 28 heavy (non-hydrogen) atoms. The number of hydrogen-bond donors (Lipinski definition) is 1. The van der Waals surface area contributed by atoms with Crippen LogP contribution in [0.25, 0.3) is 5.78 Å². The molecule has 0 unspecified atom stereocenters. The van der Waals surface area contributed by atoms with Gasteiger partial charge in [0.15, 0.2) is 5.82 Å². The molecule has 3 aromatic rings. The van der Waals surface area contributed by atoms with Crippen molar-refractivity contribution in [1.82, 2.24) is 19.6 Å². The van der Waals surface area contributed by atoms with Gasteiger partial charge in [-0.15, -0.1) is 5.10 Å². The van der Waals surface area contributed by atoms with E-state index in [0.717, 1.165) is 46.9 Å². The van der Waals surface area contributed by atoms with E-state index in [1.54, 1.807) is 0 Å². The van der Waals surface area contributed by atoms with Gasteiger partial charge in [0.1, 0.15) is 0 Å². The zero-order chi connectivity index (χ0) is 19.7. The van der Waals surface area contributed by atoms with Crippen LogP contribution in [0.2, 0.25) is 0 Å². The number of aryl methyl sites for hydroxylation is 3. The number of benzene rings is 1. The van der Waals surface area contributed by atoms with Gasteiger partial charge in [-0.1, -0.05) is 31.4 Å².